The maximum Gasteiger partial charge on any atom is 0.418 e. The molecule has 1 aromatic carbocycles. The van der Waals surface area contributed by atoms with Gasteiger partial charge in [0, 0.05) is 18.0 Å². The normalized spacial score (nSPS) is 19.5. The van der Waals surface area contributed by atoms with Gasteiger partial charge in [0.25, 0.3) is 5.91 Å². The van der Waals surface area contributed by atoms with Crippen molar-refractivity contribution < 1.29 is 18.0 Å². The molecule has 28 heavy (non-hydrogen) atoms. The van der Waals surface area contributed by atoms with E-state index in [1.165, 1.54) is 6.07 Å². The number of carbonyl (C=O) groups excluding carboxylic acids is 1. The maximum atomic E-state index is 13.6. The van der Waals surface area contributed by atoms with Crippen molar-refractivity contribution in [3.63, 3.8) is 0 Å². The van der Waals surface area contributed by atoms with Crippen LogP contribution in [0.5, 0.6) is 0 Å². The fourth-order valence-corrected chi connectivity index (χ4v) is 3.74. The van der Waals surface area contributed by atoms with Gasteiger partial charge in [-0.15, -0.1) is 0 Å². The smallest absolute Gasteiger partial charge is 0.349 e. The predicted octanol–water partition coefficient (Wildman–Crippen LogP) is 4.56. The molecule has 2 N–H and O–H groups in total. The molecule has 1 aliphatic carbocycles. The molecule has 0 radical (unpaired) electrons. The topological polar surface area (TPSA) is 54.0 Å². The van der Waals surface area contributed by atoms with Crippen molar-refractivity contribution in [2.75, 3.05) is 13.1 Å². The molecule has 1 aromatic heterocycles. The average Bonchev–Trinajstić information content (AvgIpc) is 3.34. The Labute approximate surface area is 162 Å². The quantitative estimate of drug-likeness (QED) is 0.801. The van der Waals surface area contributed by atoms with E-state index in [-0.39, 0.29) is 30.6 Å². The van der Waals surface area contributed by atoms with E-state index in [0.29, 0.717) is 23.1 Å². The lowest BCUT2D eigenvalue weighted by Crippen LogP contribution is -2.37. The van der Waals surface area contributed by atoms with Crippen molar-refractivity contribution in [1.82, 2.24) is 15.6 Å². The Morgan fingerprint density at radius 2 is 2.00 bits per heavy atom. The summed E-state index contributed by atoms with van der Waals surface area (Å²) in [7, 11) is 0. The van der Waals surface area contributed by atoms with E-state index >= 15 is 0 Å². The van der Waals surface area contributed by atoms with Gasteiger partial charge in [0.15, 0.2) is 0 Å². The van der Waals surface area contributed by atoms with Gasteiger partial charge in [0.2, 0.25) is 0 Å². The van der Waals surface area contributed by atoms with E-state index in [9.17, 15) is 18.0 Å². The van der Waals surface area contributed by atoms with E-state index in [2.05, 4.69) is 15.6 Å². The first-order valence-corrected chi connectivity index (χ1v) is 9.37. The Morgan fingerprint density at radius 1 is 1.25 bits per heavy atom. The summed E-state index contributed by atoms with van der Waals surface area (Å²) in [6, 6.07) is 4.80. The van der Waals surface area contributed by atoms with E-state index < -0.39 is 17.6 Å². The van der Waals surface area contributed by atoms with Crippen LogP contribution in [0, 0.1) is 6.92 Å². The number of fused-ring (bicyclic) bond motifs is 1. The minimum atomic E-state index is -4.51. The van der Waals surface area contributed by atoms with Crippen molar-refractivity contribution in [2.24, 2.45) is 0 Å². The number of halogens is 3. The molecule has 152 valence electrons. The van der Waals surface area contributed by atoms with Crippen molar-refractivity contribution in [3.05, 3.63) is 40.6 Å². The van der Waals surface area contributed by atoms with Crippen molar-refractivity contribution >= 4 is 16.8 Å². The highest BCUT2D eigenvalue weighted by atomic mass is 19.4. The maximum absolute atomic E-state index is 13.6. The number of pyridine rings is 1. The van der Waals surface area contributed by atoms with Gasteiger partial charge in [0.1, 0.15) is 5.69 Å². The van der Waals surface area contributed by atoms with Gasteiger partial charge in [-0.25, -0.2) is 4.98 Å². The summed E-state index contributed by atoms with van der Waals surface area (Å²) >= 11 is 0. The molecule has 2 heterocycles. The molecule has 1 amide bonds. The Kier molecular flexibility index (Phi) is 5.66. The number of aryl methyl sites for hydroxylation is 1. The molecular weight excluding hydrogens is 367 g/mol. The molecule has 0 spiro atoms. The summed E-state index contributed by atoms with van der Waals surface area (Å²) < 4.78 is 40.9. The monoisotopic (exact) mass is 393 g/mol. The summed E-state index contributed by atoms with van der Waals surface area (Å²) in [4.78, 5) is 16.6. The number of benzene rings is 1. The van der Waals surface area contributed by atoms with Gasteiger partial charge in [-0.2, -0.15) is 13.2 Å². The van der Waals surface area contributed by atoms with Crippen molar-refractivity contribution in [2.45, 2.75) is 58.2 Å². The second-order valence-electron chi connectivity index (χ2n) is 7.56. The fraction of sp³-hybridized carbons (Fsp3) is 0.524. The summed E-state index contributed by atoms with van der Waals surface area (Å²) in [5, 5.41) is 6.53. The summed E-state index contributed by atoms with van der Waals surface area (Å²) in [5.74, 6) is -0.232. The van der Waals surface area contributed by atoms with Crippen LogP contribution >= 0.6 is 0 Å². The van der Waals surface area contributed by atoms with Crippen LogP contribution in [-0.2, 0) is 6.18 Å². The van der Waals surface area contributed by atoms with Crippen LogP contribution < -0.4 is 10.6 Å². The van der Waals surface area contributed by atoms with E-state index in [1.807, 2.05) is 0 Å². The fourth-order valence-electron chi connectivity index (χ4n) is 3.74. The zero-order valence-corrected chi connectivity index (χ0v) is 15.1. The minimum Gasteiger partial charge on any atom is -0.349 e. The third-order valence-electron chi connectivity index (χ3n) is 5.40. The van der Waals surface area contributed by atoms with Gasteiger partial charge in [0.05, 0.1) is 11.1 Å². The highest BCUT2D eigenvalue weighted by Gasteiger charge is 2.36. The van der Waals surface area contributed by atoms with Gasteiger partial charge in [-0.05, 0) is 74.4 Å². The lowest BCUT2D eigenvalue weighted by molar-refractivity contribution is -0.136. The van der Waals surface area contributed by atoms with E-state index in [1.54, 1.807) is 19.1 Å². The molecule has 0 bridgehead atoms. The number of nitrogens with zero attached hydrogens (tertiary/aromatic N) is 1. The van der Waals surface area contributed by atoms with Crippen LogP contribution in [0.3, 0.4) is 0 Å². The Morgan fingerprint density at radius 3 is 2.61 bits per heavy atom. The van der Waals surface area contributed by atoms with Crippen LogP contribution in [0.2, 0.25) is 0 Å². The van der Waals surface area contributed by atoms with E-state index in [0.717, 1.165) is 32.2 Å². The number of amides is 1. The van der Waals surface area contributed by atoms with Crippen LogP contribution in [-0.4, -0.2) is 30.0 Å². The lowest BCUT2D eigenvalue weighted by Gasteiger charge is -2.16. The molecule has 1 saturated carbocycles. The largest absolute Gasteiger partial charge is 0.418 e. The van der Waals surface area contributed by atoms with Gasteiger partial charge in [-0.3, -0.25) is 4.79 Å². The molecular formula is C21H26F3N3O. The van der Waals surface area contributed by atoms with Crippen LogP contribution in [0.15, 0.2) is 18.2 Å². The Bertz CT molecular complexity index is 885. The molecule has 1 aliphatic heterocycles. The molecule has 0 unspecified atom stereocenters. The number of aromatic nitrogens is 1. The number of rotatable bonds is 4. The van der Waals surface area contributed by atoms with E-state index in [4.69, 9.17) is 0 Å². The molecule has 4 nitrogen and oxygen atoms in total. The number of hydrogen-bond acceptors (Lipinski definition) is 3. The summed E-state index contributed by atoms with van der Waals surface area (Å²) in [6.45, 7) is 3.10. The molecule has 7 heteroatoms. The Balaban J connectivity index is 0.00000225. The zero-order chi connectivity index (χ0) is 19.2. The molecule has 4 rings (SSSR count). The third kappa shape index (κ3) is 4.14. The molecule has 1 atom stereocenters. The molecule has 1 saturated heterocycles. The predicted molar refractivity (Wildman–Crippen MR) is 104 cm³/mol. The molecule has 2 aliphatic rings. The van der Waals surface area contributed by atoms with Crippen molar-refractivity contribution in [3.8, 4) is 0 Å². The SMILES string of the molecule is C.Cc1cc(C(=O)NC[C@H]2CCCN2)nc2c(C(F)(F)F)cc(C3CC3)cc12. The number of nitrogens with one attached hydrogen (secondary N) is 2. The molecule has 2 aromatic rings. The first-order chi connectivity index (χ1) is 12.8. The second kappa shape index (κ2) is 7.70. The second-order valence-corrected chi connectivity index (χ2v) is 7.56. The number of hydrogen-bond donors (Lipinski definition) is 2. The van der Waals surface area contributed by atoms with Crippen molar-refractivity contribution in [1.29, 1.82) is 0 Å². The first-order valence-electron chi connectivity index (χ1n) is 9.37. The minimum absolute atomic E-state index is 0. The number of carbonyl (C=O) groups is 1. The lowest BCUT2D eigenvalue weighted by atomic mass is 9.98. The standard InChI is InChI=1S/C20H22F3N3O.CH4/c1-11-7-17(19(27)25-10-14-3-2-6-24-14)26-18-15(11)8-13(12-4-5-12)9-16(18)20(21,22)23;/h7-9,12,14,24H,2-6,10H2,1H3,(H,25,27);1H4/t14-;/m1./s1. The zero-order valence-electron chi connectivity index (χ0n) is 15.1. The van der Waals surface area contributed by atoms with Gasteiger partial charge >= 0.3 is 6.18 Å². The highest BCUT2D eigenvalue weighted by Crippen LogP contribution is 2.44. The average molecular weight is 393 g/mol. The van der Waals surface area contributed by atoms with Gasteiger partial charge in [-0.1, -0.05) is 7.43 Å². The molecule has 2 fully saturated rings. The van der Waals surface area contributed by atoms with Gasteiger partial charge < -0.3 is 10.6 Å². The Hall–Kier alpha value is -2.15. The third-order valence-corrected chi connectivity index (χ3v) is 5.40. The van der Waals surface area contributed by atoms with Crippen LogP contribution in [0.1, 0.15) is 66.2 Å². The number of alkyl halides is 3. The van der Waals surface area contributed by atoms with Crippen LogP contribution in [0.25, 0.3) is 10.9 Å². The first kappa shape index (κ1) is 20.6. The summed E-state index contributed by atoms with van der Waals surface area (Å²) in [6.07, 6.45) is -0.625. The van der Waals surface area contributed by atoms with Crippen LogP contribution in [0.4, 0.5) is 13.2 Å². The highest BCUT2D eigenvalue weighted by molar-refractivity contribution is 5.97. The summed E-state index contributed by atoms with van der Waals surface area (Å²) in [5.41, 5.74) is 0.484.